The summed E-state index contributed by atoms with van der Waals surface area (Å²) in [6.45, 7) is 2.40. The Hall–Kier alpha value is -1.59. The van der Waals surface area contributed by atoms with E-state index in [1.165, 1.54) is 0 Å². The lowest BCUT2D eigenvalue weighted by Crippen LogP contribution is -2.02. The summed E-state index contributed by atoms with van der Waals surface area (Å²) in [5, 5.41) is 14.5. The Labute approximate surface area is 113 Å². The van der Waals surface area contributed by atoms with Crippen LogP contribution in [-0.2, 0) is 6.54 Å². The quantitative estimate of drug-likeness (QED) is 0.902. The van der Waals surface area contributed by atoms with E-state index in [9.17, 15) is 4.79 Å². The van der Waals surface area contributed by atoms with E-state index >= 15 is 0 Å². The molecule has 0 aliphatic rings. The Bertz CT molecular complexity index is 583. The van der Waals surface area contributed by atoms with Crippen LogP contribution in [0.4, 0.5) is 5.69 Å². The summed E-state index contributed by atoms with van der Waals surface area (Å²) in [5.74, 6) is -0.995. The van der Waals surface area contributed by atoms with Gasteiger partial charge in [0.2, 0.25) is 5.01 Å². The summed E-state index contributed by atoms with van der Waals surface area (Å²) in [5.41, 5.74) is 2.59. The van der Waals surface area contributed by atoms with Gasteiger partial charge in [0.05, 0.1) is 12.2 Å². The lowest BCUT2D eigenvalue weighted by Gasteiger charge is -2.09. The van der Waals surface area contributed by atoms with Crippen LogP contribution in [0.3, 0.4) is 0 Å². The minimum atomic E-state index is -0.995. The number of thiazole rings is 1. The number of carbonyl (C=O) groups is 1. The third kappa shape index (κ3) is 2.80. The second kappa shape index (κ2) is 5.37. The topological polar surface area (TPSA) is 62.2 Å². The molecular formula is C12H11ClN2O2S. The average Bonchev–Trinajstić information content (AvgIpc) is 2.80. The van der Waals surface area contributed by atoms with Crippen LogP contribution in [0.5, 0.6) is 0 Å². The molecule has 0 aliphatic carbocycles. The number of aromatic carboxylic acids is 1. The summed E-state index contributed by atoms with van der Waals surface area (Å²) in [6, 6.07) is 5.61. The molecule has 6 heteroatoms. The van der Waals surface area contributed by atoms with Gasteiger partial charge in [-0.1, -0.05) is 17.7 Å². The normalized spacial score (nSPS) is 10.3. The molecule has 1 aromatic heterocycles. The molecule has 0 bridgehead atoms. The van der Waals surface area contributed by atoms with E-state index in [1.807, 2.05) is 25.1 Å². The second-order valence-corrected chi connectivity index (χ2v) is 4.98. The van der Waals surface area contributed by atoms with Crippen molar-refractivity contribution in [2.24, 2.45) is 0 Å². The van der Waals surface area contributed by atoms with Crippen LogP contribution >= 0.6 is 22.9 Å². The highest BCUT2D eigenvalue weighted by Gasteiger charge is 2.09. The first-order valence-corrected chi connectivity index (χ1v) is 6.50. The molecule has 0 amide bonds. The Morgan fingerprint density at radius 2 is 2.33 bits per heavy atom. The standard InChI is InChI=1S/C12H11ClN2O2S/c1-7-9(13)3-2-4-10(7)14-5-8-6-18-11(15-8)12(16)17/h2-4,6,14H,5H2,1H3,(H,16,17). The summed E-state index contributed by atoms with van der Waals surface area (Å²) < 4.78 is 0. The molecule has 2 aromatic rings. The van der Waals surface area contributed by atoms with Gasteiger partial charge in [-0.3, -0.25) is 0 Å². The lowest BCUT2D eigenvalue weighted by atomic mass is 10.2. The molecule has 4 nitrogen and oxygen atoms in total. The number of rotatable bonds is 4. The van der Waals surface area contributed by atoms with Crippen molar-refractivity contribution in [3.63, 3.8) is 0 Å². The predicted molar refractivity (Wildman–Crippen MR) is 72.6 cm³/mol. The molecule has 0 unspecified atom stereocenters. The van der Waals surface area contributed by atoms with E-state index in [4.69, 9.17) is 16.7 Å². The van der Waals surface area contributed by atoms with Crippen LogP contribution < -0.4 is 5.32 Å². The summed E-state index contributed by atoms with van der Waals surface area (Å²) >= 11 is 7.13. The van der Waals surface area contributed by atoms with Crippen molar-refractivity contribution >= 4 is 34.6 Å². The van der Waals surface area contributed by atoms with Gasteiger partial charge in [0, 0.05) is 16.1 Å². The fourth-order valence-corrected chi connectivity index (χ4v) is 2.30. The van der Waals surface area contributed by atoms with Gasteiger partial charge in [-0.2, -0.15) is 0 Å². The van der Waals surface area contributed by atoms with Crippen LogP contribution in [0.1, 0.15) is 21.1 Å². The monoisotopic (exact) mass is 282 g/mol. The fraction of sp³-hybridized carbons (Fsp3) is 0.167. The number of aromatic nitrogens is 1. The van der Waals surface area contributed by atoms with Gasteiger partial charge >= 0.3 is 5.97 Å². The molecule has 18 heavy (non-hydrogen) atoms. The maximum atomic E-state index is 10.7. The zero-order chi connectivity index (χ0) is 13.1. The Kier molecular flexibility index (Phi) is 3.84. The first-order chi connectivity index (χ1) is 8.58. The first kappa shape index (κ1) is 12.9. The van der Waals surface area contributed by atoms with Gasteiger partial charge in [-0.25, -0.2) is 9.78 Å². The molecule has 2 rings (SSSR count). The van der Waals surface area contributed by atoms with Crippen molar-refractivity contribution < 1.29 is 9.90 Å². The lowest BCUT2D eigenvalue weighted by molar-refractivity contribution is 0.0696. The molecule has 0 aliphatic heterocycles. The maximum absolute atomic E-state index is 10.7. The molecular weight excluding hydrogens is 272 g/mol. The van der Waals surface area contributed by atoms with Crippen molar-refractivity contribution in [2.45, 2.75) is 13.5 Å². The highest BCUT2D eigenvalue weighted by Crippen LogP contribution is 2.23. The minimum Gasteiger partial charge on any atom is -0.476 e. The van der Waals surface area contributed by atoms with Crippen LogP contribution in [0.15, 0.2) is 23.6 Å². The molecule has 0 saturated heterocycles. The molecule has 0 atom stereocenters. The van der Waals surface area contributed by atoms with Crippen LogP contribution in [0, 0.1) is 6.92 Å². The number of carboxylic acid groups (broad SMARTS) is 1. The largest absolute Gasteiger partial charge is 0.476 e. The average molecular weight is 283 g/mol. The van der Waals surface area contributed by atoms with Crippen molar-refractivity contribution in [1.82, 2.24) is 4.98 Å². The van der Waals surface area contributed by atoms with Crippen molar-refractivity contribution in [2.75, 3.05) is 5.32 Å². The van der Waals surface area contributed by atoms with E-state index in [-0.39, 0.29) is 5.01 Å². The maximum Gasteiger partial charge on any atom is 0.365 e. The van der Waals surface area contributed by atoms with E-state index < -0.39 is 5.97 Å². The SMILES string of the molecule is Cc1c(Cl)cccc1NCc1csc(C(=O)O)n1. The summed E-state index contributed by atoms with van der Waals surface area (Å²) in [4.78, 5) is 14.7. The Morgan fingerprint density at radius 1 is 1.56 bits per heavy atom. The zero-order valence-electron chi connectivity index (χ0n) is 9.61. The van der Waals surface area contributed by atoms with Gasteiger partial charge in [-0.15, -0.1) is 11.3 Å². The first-order valence-electron chi connectivity index (χ1n) is 5.24. The number of anilines is 1. The van der Waals surface area contributed by atoms with Crippen LogP contribution in [0.2, 0.25) is 5.02 Å². The number of carboxylic acids is 1. The Balaban J connectivity index is 2.07. The van der Waals surface area contributed by atoms with Gasteiger partial charge in [0.15, 0.2) is 0 Å². The minimum absolute atomic E-state index is 0.106. The number of nitrogens with zero attached hydrogens (tertiary/aromatic N) is 1. The molecule has 1 aromatic carbocycles. The molecule has 0 saturated carbocycles. The van der Waals surface area contributed by atoms with E-state index in [1.54, 1.807) is 5.38 Å². The van der Waals surface area contributed by atoms with E-state index in [2.05, 4.69) is 10.3 Å². The van der Waals surface area contributed by atoms with Crippen molar-refractivity contribution in [1.29, 1.82) is 0 Å². The molecule has 0 radical (unpaired) electrons. The zero-order valence-corrected chi connectivity index (χ0v) is 11.2. The number of halogens is 1. The van der Waals surface area contributed by atoms with Crippen molar-refractivity contribution in [3.05, 3.63) is 44.9 Å². The smallest absolute Gasteiger partial charge is 0.365 e. The molecule has 0 fully saturated rings. The molecule has 94 valence electrons. The van der Waals surface area contributed by atoms with Gasteiger partial charge in [0.25, 0.3) is 0 Å². The molecule has 1 heterocycles. The predicted octanol–water partition coefficient (Wildman–Crippen LogP) is 3.42. The highest BCUT2D eigenvalue weighted by molar-refractivity contribution is 7.11. The van der Waals surface area contributed by atoms with Crippen molar-refractivity contribution in [3.8, 4) is 0 Å². The number of hydrogen-bond acceptors (Lipinski definition) is 4. The van der Waals surface area contributed by atoms with Gasteiger partial charge in [-0.05, 0) is 24.6 Å². The summed E-state index contributed by atoms with van der Waals surface area (Å²) in [7, 11) is 0. The number of hydrogen-bond donors (Lipinski definition) is 2. The van der Waals surface area contributed by atoms with Crippen LogP contribution in [0.25, 0.3) is 0 Å². The third-order valence-electron chi connectivity index (χ3n) is 2.46. The molecule has 2 N–H and O–H groups in total. The number of nitrogens with one attached hydrogen (secondary N) is 1. The van der Waals surface area contributed by atoms with Gasteiger partial charge < -0.3 is 10.4 Å². The van der Waals surface area contributed by atoms with Crippen LogP contribution in [-0.4, -0.2) is 16.1 Å². The second-order valence-electron chi connectivity index (χ2n) is 3.72. The number of benzene rings is 1. The third-order valence-corrected chi connectivity index (χ3v) is 3.75. The molecule has 0 spiro atoms. The summed E-state index contributed by atoms with van der Waals surface area (Å²) in [6.07, 6.45) is 0. The van der Waals surface area contributed by atoms with Gasteiger partial charge in [0.1, 0.15) is 0 Å². The van der Waals surface area contributed by atoms with E-state index in [0.717, 1.165) is 22.6 Å². The van der Waals surface area contributed by atoms with E-state index in [0.29, 0.717) is 17.3 Å². The highest BCUT2D eigenvalue weighted by atomic mass is 35.5. The fourth-order valence-electron chi connectivity index (χ4n) is 1.47. The Morgan fingerprint density at radius 3 is 3.00 bits per heavy atom.